The lowest BCUT2D eigenvalue weighted by atomic mass is 9.89. The second-order valence-corrected chi connectivity index (χ2v) is 11.2. The van der Waals surface area contributed by atoms with E-state index in [0.29, 0.717) is 12.5 Å². The van der Waals surface area contributed by atoms with Gasteiger partial charge in [-0.25, -0.2) is 9.50 Å². The number of likely N-dealkylation sites (tertiary alicyclic amines) is 1. The lowest BCUT2D eigenvalue weighted by Gasteiger charge is -2.40. The molecule has 0 saturated carbocycles. The number of pyridine rings is 1. The van der Waals surface area contributed by atoms with Crippen molar-refractivity contribution in [3.63, 3.8) is 0 Å². The van der Waals surface area contributed by atoms with E-state index in [1.807, 2.05) is 53.0 Å². The van der Waals surface area contributed by atoms with Gasteiger partial charge in [0.15, 0.2) is 11.5 Å². The molecule has 0 bridgehead atoms. The van der Waals surface area contributed by atoms with Gasteiger partial charge < -0.3 is 20.0 Å². The number of aromatic nitrogens is 3. The molecule has 1 N–H and O–H groups in total. The van der Waals surface area contributed by atoms with E-state index in [4.69, 9.17) is 10.1 Å². The van der Waals surface area contributed by atoms with E-state index in [-0.39, 0.29) is 17.4 Å². The summed E-state index contributed by atoms with van der Waals surface area (Å²) in [6.07, 6.45) is 6.33. The van der Waals surface area contributed by atoms with E-state index in [9.17, 15) is 9.59 Å². The van der Waals surface area contributed by atoms with Gasteiger partial charge in [-0.15, -0.1) is 0 Å². The zero-order valence-electron chi connectivity index (χ0n) is 23.0. The van der Waals surface area contributed by atoms with E-state index in [1.165, 1.54) is 0 Å². The lowest BCUT2D eigenvalue weighted by Crippen LogP contribution is -2.53. The average Bonchev–Trinajstić information content (AvgIpc) is 3.31. The Kier molecular flexibility index (Phi) is 7.38. The van der Waals surface area contributed by atoms with Crippen molar-refractivity contribution in [3.05, 3.63) is 59.5 Å². The summed E-state index contributed by atoms with van der Waals surface area (Å²) in [7, 11) is 4.06. The number of nitrogens with zero attached hydrogens (tertiary/aromatic N) is 6. The smallest absolute Gasteiger partial charge is 0.253 e. The molecule has 0 atom stereocenters. The normalized spacial score (nSPS) is 18.5. The van der Waals surface area contributed by atoms with Crippen molar-refractivity contribution in [3.8, 4) is 0 Å². The van der Waals surface area contributed by atoms with Gasteiger partial charge in [-0.05, 0) is 82.6 Å². The molecule has 2 aliphatic rings. The van der Waals surface area contributed by atoms with Crippen LogP contribution < -0.4 is 10.2 Å². The van der Waals surface area contributed by atoms with E-state index in [1.54, 1.807) is 6.92 Å². The highest BCUT2D eigenvalue weighted by Crippen LogP contribution is 2.28. The van der Waals surface area contributed by atoms with Crippen LogP contribution in [0.1, 0.15) is 61.3 Å². The van der Waals surface area contributed by atoms with E-state index >= 15 is 0 Å². The zero-order valence-corrected chi connectivity index (χ0v) is 23.0. The van der Waals surface area contributed by atoms with Crippen molar-refractivity contribution in [2.45, 2.75) is 57.5 Å². The highest BCUT2D eigenvalue weighted by atomic mass is 16.2. The van der Waals surface area contributed by atoms with Crippen LogP contribution in [0.4, 0.5) is 5.69 Å². The molecular formula is C29H39N7O2. The van der Waals surface area contributed by atoms with Crippen molar-refractivity contribution < 1.29 is 9.59 Å². The van der Waals surface area contributed by atoms with Crippen LogP contribution in [0.15, 0.2) is 42.6 Å². The number of amides is 2. The van der Waals surface area contributed by atoms with Crippen molar-refractivity contribution in [1.82, 2.24) is 29.7 Å². The molecule has 0 unspecified atom stereocenters. The number of carbonyl (C=O) groups is 2. The van der Waals surface area contributed by atoms with Crippen LogP contribution in [-0.4, -0.2) is 88.1 Å². The number of benzene rings is 1. The monoisotopic (exact) mass is 517 g/mol. The Labute approximate surface area is 224 Å². The van der Waals surface area contributed by atoms with Gasteiger partial charge in [-0.1, -0.05) is 12.1 Å². The van der Waals surface area contributed by atoms with E-state index < -0.39 is 0 Å². The van der Waals surface area contributed by atoms with Crippen LogP contribution in [-0.2, 0) is 11.2 Å². The average molecular weight is 518 g/mol. The van der Waals surface area contributed by atoms with Crippen LogP contribution in [0.2, 0.25) is 0 Å². The van der Waals surface area contributed by atoms with Crippen LogP contribution in [0.25, 0.3) is 5.65 Å². The molecule has 0 radical (unpaired) electrons. The third kappa shape index (κ3) is 5.67. The summed E-state index contributed by atoms with van der Waals surface area (Å²) < 4.78 is 1.85. The fourth-order valence-corrected chi connectivity index (χ4v) is 5.75. The molecule has 2 fully saturated rings. The molecule has 2 aromatic heterocycles. The minimum Gasteiger partial charge on any atom is -0.368 e. The number of rotatable bonds is 6. The SMILES string of the molecule is CC(=O)NC1(C)CCN(c2cccn3nc(Cc4ccc(C(=O)N(C)C5CCN(C)CC5)cc4)nc23)CC1. The van der Waals surface area contributed by atoms with Gasteiger partial charge in [0.1, 0.15) is 0 Å². The van der Waals surface area contributed by atoms with E-state index in [2.05, 4.69) is 35.2 Å². The van der Waals surface area contributed by atoms with Gasteiger partial charge >= 0.3 is 0 Å². The maximum absolute atomic E-state index is 13.1. The fourth-order valence-electron chi connectivity index (χ4n) is 5.75. The van der Waals surface area contributed by atoms with Crippen LogP contribution >= 0.6 is 0 Å². The number of piperidine rings is 2. The molecule has 0 aliphatic carbocycles. The van der Waals surface area contributed by atoms with Crippen LogP contribution in [0.3, 0.4) is 0 Å². The molecule has 202 valence electrons. The van der Waals surface area contributed by atoms with Crippen LogP contribution in [0, 0.1) is 0 Å². The first-order valence-corrected chi connectivity index (χ1v) is 13.6. The molecule has 9 nitrogen and oxygen atoms in total. The number of hydrogen-bond donors (Lipinski definition) is 1. The molecule has 2 aliphatic heterocycles. The Bertz CT molecular complexity index is 1290. The van der Waals surface area contributed by atoms with Gasteiger partial charge in [-0.2, -0.15) is 5.10 Å². The molecule has 9 heteroatoms. The number of fused-ring (bicyclic) bond motifs is 1. The Morgan fingerprint density at radius 2 is 1.76 bits per heavy atom. The second kappa shape index (κ2) is 10.7. The number of anilines is 1. The number of hydrogen-bond acceptors (Lipinski definition) is 6. The Hall–Kier alpha value is -3.46. The summed E-state index contributed by atoms with van der Waals surface area (Å²) >= 11 is 0. The van der Waals surface area contributed by atoms with Gasteiger partial charge in [0.2, 0.25) is 5.91 Å². The summed E-state index contributed by atoms with van der Waals surface area (Å²) in [5.74, 6) is 0.851. The quantitative estimate of drug-likeness (QED) is 0.541. The second-order valence-electron chi connectivity index (χ2n) is 11.2. The predicted octanol–water partition coefficient (Wildman–Crippen LogP) is 2.98. The highest BCUT2D eigenvalue weighted by Gasteiger charge is 2.31. The topological polar surface area (TPSA) is 86.1 Å². The summed E-state index contributed by atoms with van der Waals surface area (Å²) in [6, 6.07) is 12.3. The van der Waals surface area contributed by atoms with Gasteiger partial charge in [-0.3, -0.25) is 9.59 Å². The molecule has 3 aromatic rings. The summed E-state index contributed by atoms with van der Waals surface area (Å²) in [5, 5.41) is 7.84. The first-order chi connectivity index (χ1) is 18.2. The maximum Gasteiger partial charge on any atom is 0.253 e. The molecule has 38 heavy (non-hydrogen) atoms. The third-order valence-corrected chi connectivity index (χ3v) is 8.19. The summed E-state index contributed by atoms with van der Waals surface area (Å²) in [6.45, 7) is 7.45. The minimum atomic E-state index is -0.165. The van der Waals surface area contributed by atoms with Crippen molar-refractivity contribution >= 4 is 23.1 Å². The van der Waals surface area contributed by atoms with Gasteiger partial charge in [0, 0.05) is 56.8 Å². The van der Waals surface area contributed by atoms with Crippen molar-refractivity contribution in [2.24, 2.45) is 0 Å². The molecule has 1 aromatic carbocycles. The molecular weight excluding hydrogens is 478 g/mol. The Morgan fingerprint density at radius 3 is 2.42 bits per heavy atom. The largest absolute Gasteiger partial charge is 0.368 e. The molecule has 4 heterocycles. The number of nitrogens with one attached hydrogen (secondary N) is 1. The standard InChI is InChI=1S/C29H39N7O2/c1-21(37)31-29(2)13-18-35(19-14-29)25-6-5-15-36-27(25)30-26(32-36)20-22-7-9-23(10-8-22)28(38)34(4)24-11-16-33(3)17-12-24/h5-10,15,24H,11-14,16-20H2,1-4H3,(H,31,37). The highest BCUT2D eigenvalue weighted by molar-refractivity contribution is 5.94. The summed E-state index contributed by atoms with van der Waals surface area (Å²) in [4.78, 5) is 36.1. The molecule has 5 rings (SSSR count). The first kappa shape index (κ1) is 26.2. The van der Waals surface area contributed by atoms with Gasteiger partial charge in [0.05, 0.1) is 5.69 Å². The minimum absolute atomic E-state index is 0.0202. The maximum atomic E-state index is 13.1. The zero-order chi connectivity index (χ0) is 26.9. The van der Waals surface area contributed by atoms with Crippen LogP contribution in [0.5, 0.6) is 0 Å². The van der Waals surface area contributed by atoms with E-state index in [0.717, 1.165) is 80.1 Å². The van der Waals surface area contributed by atoms with Gasteiger partial charge in [0.25, 0.3) is 5.91 Å². The predicted molar refractivity (Wildman–Crippen MR) is 149 cm³/mol. The lowest BCUT2D eigenvalue weighted by molar-refractivity contribution is -0.120. The van der Waals surface area contributed by atoms with Crippen molar-refractivity contribution in [1.29, 1.82) is 0 Å². The third-order valence-electron chi connectivity index (χ3n) is 8.19. The Morgan fingerprint density at radius 1 is 1.08 bits per heavy atom. The molecule has 0 spiro atoms. The summed E-state index contributed by atoms with van der Waals surface area (Å²) in [5.41, 5.74) is 3.54. The molecule has 2 saturated heterocycles. The first-order valence-electron chi connectivity index (χ1n) is 13.6. The fraction of sp³-hybridized carbons (Fsp3) is 0.517. The molecule has 2 amide bonds. The Balaban J connectivity index is 1.25. The number of carbonyl (C=O) groups excluding carboxylic acids is 2. The van der Waals surface area contributed by atoms with Crippen molar-refractivity contribution in [2.75, 3.05) is 45.2 Å².